The Morgan fingerprint density at radius 1 is 1.46 bits per heavy atom. The molecule has 0 heterocycles. The highest BCUT2D eigenvalue weighted by atomic mass is 16.5. The van der Waals surface area contributed by atoms with Gasteiger partial charge in [0, 0.05) is 6.42 Å². The van der Waals surface area contributed by atoms with Crippen molar-refractivity contribution in [3.63, 3.8) is 0 Å². The van der Waals surface area contributed by atoms with E-state index >= 15 is 0 Å². The van der Waals surface area contributed by atoms with Crippen molar-refractivity contribution < 1.29 is 9.53 Å². The van der Waals surface area contributed by atoms with E-state index in [4.69, 9.17) is 0 Å². The lowest BCUT2D eigenvalue weighted by Gasteiger charge is -2.01. The van der Waals surface area contributed by atoms with Gasteiger partial charge >= 0.3 is 5.97 Å². The van der Waals surface area contributed by atoms with Crippen LogP contribution in [0.5, 0.6) is 0 Å². The van der Waals surface area contributed by atoms with Crippen LogP contribution in [0.3, 0.4) is 0 Å². The maximum atomic E-state index is 10.7. The molecule has 0 aliphatic heterocycles. The van der Waals surface area contributed by atoms with Crippen molar-refractivity contribution in [2.75, 3.05) is 20.2 Å². The lowest BCUT2D eigenvalue weighted by molar-refractivity contribution is -0.140. The second-order valence-electron chi connectivity index (χ2n) is 2.79. The molecule has 0 unspecified atom stereocenters. The number of hydrogen-bond acceptors (Lipinski definition) is 3. The Morgan fingerprint density at radius 3 is 2.85 bits per heavy atom. The summed E-state index contributed by atoms with van der Waals surface area (Å²) >= 11 is 0. The van der Waals surface area contributed by atoms with Gasteiger partial charge in [0.1, 0.15) is 0 Å². The summed E-state index contributed by atoms with van der Waals surface area (Å²) in [4.78, 5) is 10.7. The summed E-state index contributed by atoms with van der Waals surface area (Å²) in [6.07, 6.45) is 6.56. The van der Waals surface area contributed by atoms with Crippen LogP contribution in [0.4, 0.5) is 0 Å². The maximum Gasteiger partial charge on any atom is 0.305 e. The van der Waals surface area contributed by atoms with Gasteiger partial charge in [-0.05, 0) is 32.9 Å². The van der Waals surface area contributed by atoms with Crippen molar-refractivity contribution in [3.8, 4) is 0 Å². The van der Waals surface area contributed by atoms with Crippen molar-refractivity contribution >= 4 is 5.97 Å². The number of allylic oxidation sites excluding steroid dienone is 1. The molecule has 0 aromatic carbocycles. The summed E-state index contributed by atoms with van der Waals surface area (Å²) in [6.45, 7) is 3.87. The van der Waals surface area contributed by atoms with E-state index in [1.807, 2.05) is 13.0 Å². The Labute approximate surface area is 80.2 Å². The number of nitrogens with one attached hydrogen (secondary N) is 1. The summed E-state index contributed by atoms with van der Waals surface area (Å²) in [7, 11) is 1.42. The fourth-order valence-electron chi connectivity index (χ4n) is 0.937. The third-order valence-corrected chi connectivity index (χ3v) is 1.69. The molecule has 0 radical (unpaired) electrons. The molecule has 0 aliphatic rings. The minimum Gasteiger partial charge on any atom is -0.469 e. The van der Waals surface area contributed by atoms with E-state index in [0.29, 0.717) is 6.42 Å². The number of carbonyl (C=O) groups is 1. The fraction of sp³-hybridized carbons (Fsp3) is 0.700. The zero-order valence-electron chi connectivity index (χ0n) is 8.51. The fourth-order valence-corrected chi connectivity index (χ4v) is 0.937. The monoisotopic (exact) mass is 185 g/mol. The summed E-state index contributed by atoms with van der Waals surface area (Å²) in [5.74, 6) is -0.129. The molecule has 0 amide bonds. The zero-order chi connectivity index (χ0) is 9.94. The summed E-state index contributed by atoms with van der Waals surface area (Å²) in [6, 6.07) is 0. The molecule has 13 heavy (non-hydrogen) atoms. The maximum absolute atomic E-state index is 10.7. The lowest BCUT2D eigenvalue weighted by atomic mass is 10.3. The highest BCUT2D eigenvalue weighted by Gasteiger charge is 1.97. The number of esters is 1. The molecule has 1 N–H and O–H groups in total. The van der Waals surface area contributed by atoms with Crippen LogP contribution in [0.15, 0.2) is 12.2 Å². The van der Waals surface area contributed by atoms with Crippen LogP contribution >= 0.6 is 0 Å². The molecule has 0 rings (SSSR count). The van der Waals surface area contributed by atoms with Crippen LogP contribution in [0.2, 0.25) is 0 Å². The van der Waals surface area contributed by atoms with Crippen molar-refractivity contribution in [2.24, 2.45) is 0 Å². The van der Waals surface area contributed by atoms with E-state index in [2.05, 4.69) is 16.1 Å². The molecule has 3 nitrogen and oxygen atoms in total. The summed E-state index contributed by atoms with van der Waals surface area (Å²) < 4.78 is 4.52. The van der Waals surface area contributed by atoms with Gasteiger partial charge in [-0.2, -0.15) is 0 Å². The Kier molecular flexibility index (Phi) is 8.67. The Balaban J connectivity index is 3.03. The van der Waals surface area contributed by atoms with E-state index in [1.165, 1.54) is 7.11 Å². The van der Waals surface area contributed by atoms with Gasteiger partial charge in [0.2, 0.25) is 0 Å². The molecular weight excluding hydrogens is 166 g/mol. The Morgan fingerprint density at radius 2 is 2.23 bits per heavy atom. The SMILES string of the molecule is C/C=C/CCNCCCC(=O)OC. The van der Waals surface area contributed by atoms with Gasteiger partial charge in [-0.1, -0.05) is 12.2 Å². The normalized spacial score (nSPS) is 10.6. The minimum absolute atomic E-state index is 0.129. The molecule has 76 valence electrons. The average Bonchev–Trinajstić information content (AvgIpc) is 2.16. The molecule has 0 bridgehead atoms. The number of ether oxygens (including phenoxy) is 1. The molecule has 0 saturated carbocycles. The summed E-state index contributed by atoms with van der Waals surface area (Å²) in [5, 5.41) is 3.24. The highest BCUT2D eigenvalue weighted by Crippen LogP contribution is 1.89. The van der Waals surface area contributed by atoms with E-state index in [0.717, 1.165) is 25.9 Å². The molecule has 0 aliphatic carbocycles. The third-order valence-electron chi connectivity index (χ3n) is 1.69. The van der Waals surface area contributed by atoms with Gasteiger partial charge in [-0.25, -0.2) is 0 Å². The van der Waals surface area contributed by atoms with Gasteiger partial charge < -0.3 is 10.1 Å². The molecule has 0 spiro atoms. The molecule has 3 heteroatoms. The van der Waals surface area contributed by atoms with Crippen LogP contribution in [-0.4, -0.2) is 26.2 Å². The van der Waals surface area contributed by atoms with Crippen molar-refractivity contribution in [1.82, 2.24) is 5.32 Å². The van der Waals surface area contributed by atoms with Gasteiger partial charge in [0.25, 0.3) is 0 Å². The number of carbonyl (C=O) groups excluding carboxylic acids is 1. The standard InChI is InChI=1S/C10H19NO2/c1-3-4-5-8-11-9-6-7-10(12)13-2/h3-4,11H,5-9H2,1-2H3/b4-3+. The Hall–Kier alpha value is -0.830. The van der Waals surface area contributed by atoms with Gasteiger partial charge in [-0.3, -0.25) is 4.79 Å². The lowest BCUT2D eigenvalue weighted by Crippen LogP contribution is -2.17. The van der Waals surface area contributed by atoms with E-state index in [1.54, 1.807) is 0 Å². The molecule has 0 aromatic rings. The molecule has 0 atom stereocenters. The van der Waals surface area contributed by atoms with E-state index < -0.39 is 0 Å². The molecule has 0 fully saturated rings. The van der Waals surface area contributed by atoms with Gasteiger partial charge in [0.15, 0.2) is 0 Å². The molecular formula is C10H19NO2. The first-order chi connectivity index (χ1) is 6.31. The Bertz CT molecular complexity index is 155. The van der Waals surface area contributed by atoms with Crippen LogP contribution in [0, 0.1) is 0 Å². The first kappa shape index (κ1) is 12.2. The largest absolute Gasteiger partial charge is 0.469 e. The van der Waals surface area contributed by atoms with Crippen LogP contribution in [0.1, 0.15) is 26.2 Å². The molecule has 0 saturated heterocycles. The number of hydrogen-bond donors (Lipinski definition) is 1. The van der Waals surface area contributed by atoms with Crippen LogP contribution in [0.25, 0.3) is 0 Å². The van der Waals surface area contributed by atoms with Crippen LogP contribution < -0.4 is 5.32 Å². The minimum atomic E-state index is -0.129. The van der Waals surface area contributed by atoms with Crippen LogP contribution in [-0.2, 0) is 9.53 Å². The van der Waals surface area contributed by atoms with Crippen molar-refractivity contribution in [2.45, 2.75) is 26.2 Å². The second-order valence-corrected chi connectivity index (χ2v) is 2.79. The first-order valence-corrected chi connectivity index (χ1v) is 4.70. The van der Waals surface area contributed by atoms with E-state index in [-0.39, 0.29) is 5.97 Å². The smallest absolute Gasteiger partial charge is 0.305 e. The summed E-state index contributed by atoms with van der Waals surface area (Å²) in [5.41, 5.74) is 0. The average molecular weight is 185 g/mol. The topological polar surface area (TPSA) is 38.3 Å². The van der Waals surface area contributed by atoms with Crippen molar-refractivity contribution in [1.29, 1.82) is 0 Å². The van der Waals surface area contributed by atoms with Gasteiger partial charge in [-0.15, -0.1) is 0 Å². The van der Waals surface area contributed by atoms with Gasteiger partial charge in [0.05, 0.1) is 7.11 Å². The number of rotatable bonds is 7. The number of methoxy groups -OCH3 is 1. The third kappa shape index (κ3) is 9.08. The second kappa shape index (κ2) is 9.26. The zero-order valence-corrected chi connectivity index (χ0v) is 8.51. The first-order valence-electron chi connectivity index (χ1n) is 4.70. The van der Waals surface area contributed by atoms with Crippen molar-refractivity contribution in [3.05, 3.63) is 12.2 Å². The molecule has 0 aromatic heterocycles. The predicted octanol–water partition coefficient (Wildman–Crippen LogP) is 1.50. The predicted molar refractivity (Wildman–Crippen MR) is 53.6 cm³/mol. The quantitative estimate of drug-likeness (QED) is 0.371. The highest BCUT2D eigenvalue weighted by molar-refractivity contribution is 5.68. The van der Waals surface area contributed by atoms with E-state index in [9.17, 15) is 4.79 Å².